The largest absolute Gasteiger partial charge is 0.493 e. The van der Waals surface area contributed by atoms with E-state index in [1.807, 2.05) is 13.0 Å². The maximum atomic E-state index is 12.3. The van der Waals surface area contributed by atoms with Crippen LogP contribution in [0.2, 0.25) is 0 Å². The number of benzene rings is 1. The molecule has 0 saturated heterocycles. The van der Waals surface area contributed by atoms with E-state index in [1.54, 1.807) is 36.5 Å². The summed E-state index contributed by atoms with van der Waals surface area (Å²) in [5.74, 6) is 0.724. The molecular weight excluding hydrogens is 312 g/mol. The van der Waals surface area contributed by atoms with Crippen molar-refractivity contribution in [2.75, 3.05) is 6.61 Å². The second-order valence-electron chi connectivity index (χ2n) is 5.27. The standard InChI is InChI=1S/C17H22N2O3S/c1-3-4-11-22-17-9-8-16(12-14(17)2)23(20,21)19-13-15-7-5-6-10-18-15/h5-10,12,19H,3-4,11,13H2,1-2H3. The summed E-state index contributed by atoms with van der Waals surface area (Å²) in [4.78, 5) is 4.33. The van der Waals surface area contributed by atoms with Crippen LogP contribution in [0.5, 0.6) is 5.75 Å². The highest BCUT2D eigenvalue weighted by molar-refractivity contribution is 7.89. The van der Waals surface area contributed by atoms with Gasteiger partial charge in [-0.1, -0.05) is 19.4 Å². The number of aryl methyl sites for hydroxylation is 1. The van der Waals surface area contributed by atoms with Gasteiger partial charge >= 0.3 is 0 Å². The maximum Gasteiger partial charge on any atom is 0.240 e. The van der Waals surface area contributed by atoms with E-state index >= 15 is 0 Å². The number of pyridine rings is 1. The van der Waals surface area contributed by atoms with Crippen LogP contribution in [0.25, 0.3) is 0 Å². The van der Waals surface area contributed by atoms with Crippen molar-refractivity contribution >= 4 is 10.0 Å². The molecule has 0 saturated carbocycles. The second kappa shape index (κ2) is 8.08. The van der Waals surface area contributed by atoms with Crippen molar-refractivity contribution in [2.24, 2.45) is 0 Å². The van der Waals surface area contributed by atoms with Gasteiger partial charge in [0, 0.05) is 6.20 Å². The predicted octanol–water partition coefficient (Wildman–Crippen LogP) is 3.05. The second-order valence-corrected chi connectivity index (χ2v) is 7.04. The van der Waals surface area contributed by atoms with Gasteiger partial charge in [-0.25, -0.2) is 13.1 Å². The number of aromatic nitrogens is 1. The number of hydrogen-bond acceptors (Lipinski definition) is 4. The monoisotopic (exact) mass is 334 g/mol. The topological polar surface area (TPSA) is 68.3 Å². The molecule has 1 aromatic carbocycles. The van der Waals surface area contributed by atoms with Gasteiger partial charge in [0.15, 0.2) is 0 Å². The predicted molar refractivity (Wildman–Crippen MR) is 89.8 cm³/mol. The summed E-state index contributed by atoms with van der Waals surface area (Å²) >= 11 is 0. The molecule has 0 unspecified atom stereocenters. The molecule has 0 bridgehead atoms. The molecule has 0 aliphatic carbocycles. The van der Waals surface area contributed by atoms with Crippen molar-refractivity contribution in [3.8, 4) is 5.75 Å². The third-order valence-corrected chi connectivity index (χ3v) is 4.78. The number of sulfonamides is 1. The molecule has 6 heteroatoms. The van der Waals surface area contributed by atoms with Crippen LogP contribution in [-0.4, -0.2) is 20.0 Å². The molecule has 2 rings (SSSR count). The van der Waals surface area contributed by atoms with Crippen molar-refractivity contribution in [3.63, 3.8) is 0 Å². The SMILES string of the molecule is CCCCOc1ccc(S(=O)(=O)NCc2ccccn2)cc1C. The van der Waals surface area contributed by atoms with E-state index in [-0.39, 0.29) is 11.4 Å². The Hall–Kier alpha value is -1.92. The van der Waals surface area contributed by atoms with Gasteiger partial charge in [-0.05, 0) is 49.2 Å². The molecule has 5 nitrogen and oxygen atoms in total. The molecule has 0 amide bonds. The molecule has 0 fully saturated rings. The smallest absolute Gasteiger partial charge is 0.240 e. The zero-order valence-corrected chi connectivity index (χ0v) is 14.3. The first-order chi connectivity index (χ1) is 11.0. The average Bonchev–Trinajstić information content (AvgIpc) is 2.55. The summed E-state index contributed by atoms with van der Waals surface area (Å²) in [6, 6.07) is 10.3. The van der Waals surface area contributed by atoms with E-state index in [2.05, 4.69) is 16.6 Å². The van der Waals surface area contributed by atoms with Crippen molar-refractivity contribution in [3.05, 3.63) is 53.9 Å². The quantitative estimate of drug-likeness (QED) is 0.753. The normalized spacial score (nSPS) is 11.4. The lowest BCUT2D eigenvalue weighted by molar-refractivity contribution is 0.307. The van der Waals surface area contributed by atoms with Crippen LogP contribution in [0, 0.1) is 6.92 Å². The van der Waals surface area contributed by atoms with Gasteiger partial charge in [-0.3, -0.25) is 4.98 Å². The lowest BCUT2D eigenvalue weighted by Gasteiger charge is -2.11. The Morgan fingerprint density at radius 3 is 2.70 bits per heavy atom. The van der Waals surface area contributed by atoms with Crippen LogP contribution in [0.1, 0.15) is 31.0 Å². The highest BCUT2D eigenvalue weighted by atomic mass is 32.2. The number of nitrogens with one attached hydrogen (secondary N) is 1. The van der Waals surface area contributed by atoms with Crippen LogP contribution in [0.15, 0.2) is 47.5 Å². The summed E-state index contributed by atoms with van der Waals surface area (Å²) in [6.45, 7) is 4.75. The van der Waals surface area contributed by atoms with Gasteiger partial charge in [-0.2, -0.15) is 0 Å². The molecule has 0 aliphatic heterocycles. The molecule has 1 aromatic heterocycles. The first-order valence-electron chi connectivity index (χ1n) is 7.66. The molecule has 23 heavy (non-hydrogen) atoms. The van der Waals surface area contributed by atoms with Crippen LogP contribution in [-0.2, 0) is 16.6 Å². The van der Waals surface area contributed by atoms with Crippen molar-refractivity contribution in [2.45, 2.75) is 38.1 Å². The number of hydrogen-bond donors (Lipinski definition) is 1. The van der Waals surface area contributed by atoms with Crippen LogP contribution >= 0.6 is 0 Å². The Morgan fingerprint density at radius 1 is 1.22 bits per heavy atom. The molecule has 0 aliphatic rings. The minimum absolute atomic E-state index is 0.164. The Balaban J connectivity index is 2.06. The van der Waals surface area contributed by atoms with Gasteiger partial charge in [0.2, 0.25) is 10.0 Å². The summed E-state index contributed by atoms with van der Waals surface area (Å²) < 4.78 is 32.9. The van der Waals surface area contributed by atoms with Crippen LogP contribution in [0.3, 0.4) is 0 Å². The first-order valence-corrected chi connectivity index (χ1v) is 9.14. The summed E-state index contributed by atoms with van der Waals surface area (Å²) in [5, 5.41) is 0. The minimum Gasteiger partial charge on any atom is -0.493 e. The Bertz CT molecular complexity index is 731. The number of unbranched alkanes of at least 4 members (excludes halogenated alkanes) is 1. The van der Waals surface area contributed by atoms with Crippen LogP contribution in [0.4, 0.5) is 0 Å². The Labute approximate surface area is 137 Å². The average molecular weight is 334 g/mol. The third-order valence-electron chi connectivity index (χ3n) is 3.38. The maximum absolute atomic E-state index is 12.3. The molecule has 1 N–H and O–H groups in total. The molecule has 0 spiro atoms. The summed E-state index contributed by atoms with van der Waals surface area (Å²) in [7, 11) is -3.57. The number of ether oxygens (including phenoxy) is 1. The number of nitrogens with zero attached hydrogens (tertiary/aromatic N) is 1. The van der Waals surface area contributed by atoms with Crippen LogP contribution < -0.4 is 9.46 Å². The molecular formula is C17H22N2O3S. The molecule has 124 valence electrons. The molecule has 0 radical (unpaired) electrons. The fourth-order valence-electron chi connectivity index (χ4n) is 2.03. The zero-order chi connectivity index (χ0) is 16.7. The highest BCUT2D eigenvalue weighted by Gasteiger charge is 2.15. The van der Waals surface area contributed by atoms with Crippen molar-refractivity contribution in [1.29, 1.82) is 0 Å². The zero-order valence-electron chi connectivity index (χ0n) is 13.5. The van der Waals surface area contributed by atoms with E-state index in [9.17, 15) is 8.42 Å². The Morgan fingerprint density at radius 2 is 2.04 bits per heavy atom. The van der Waals surface area contributed by atoms with E-state index < -0.39 is 10.0 Å². The highest BCUT2D eigenvalue weighted by Crippen LogP contribution is 2.22. The first kappa shape index (κ1) is 17.4. The summed E-state index contributed by atoms with van der Waals surface area (Å²) in [5.41, 5.74) is 1.48. The van der Waals surface area contributed by atoms with E-state index in [1.165, 1.54) is 0 Å². The van der Waals surface area contributed by atoms with Crippen molar-refractivity contribution < 1.29 is 13.2 Å². The van der Waals surface area contributed by atoms with Gasteiger partial charge in [0.1, 0.15) is 5.75 Å². The lowest BCUT2D eigenvalue weighted by atomic mass is 10.2. The van der Waals surface area contributed by atoms with Gasteiger partial charge in [-0.15, -0.1) is 0 Å². The fourth-order valence-corrected chi connectivity index (χ4v) is 3.12. The molecule has 2 aromatic rings. The van der Waals surface area contributed by atoms with Gasteiger partial charge in [0.25, 0.3) is 0 Å². The molecule has 1 heterocycles. The Kier molecular flexibility index (Phi) is 6.12. The third kappa shape index (κ3) is 5.04. The fraction of sp³-hybridized carbons (Fsp3) is 0.353. The van der Waals surface area contributed by atoms with E-state index in [4.69, 9.17) is 4.74 Å². The molecule has 0 atom stereocenters. The van der Waals surface area contributed by atoms with Gasteiger partial charge in [0.05, 0.1) is 23.7 Å². The summed E-state index contributed by atoms with van der Waals surface area (Å²) in [6.07, 6.45) is 3.67. The van der Waals surface area contributed by atoms with E-state index in [0.717, 1.165) is 24.2 Å². The van der Waals surface area contributed by atoms with E-state index in [0.29, 0.717) is 12.3 Å². The number of rotatable bonds is 8. The van der Waals surface area contributed by atoms with Crippen molar-refractivity contribution in [1.82, 2.24) is 9.71 Å². The minimum atomic E-state index is -3.57. The van der Waals surface area contributed by atoms with Gasteiger partial charge < -0.3 is 4.74 Å². The lowest BCUT2D eigenvalue weighted by Crippen LogP contribution is -2.23.